The summed E-state index contributed by atoms with van der Waals surface area (Å²) < 4.78 is 1.82. The maximum absolute atomic E-state index is 12.3. The van der Waals surface area contributed by atoms with Crippen LogP contribution in [0, 0.1) is 6.92 Å². The molecule has 0 fully saturated rings. The summed E-state index contributed by atoms with van der Waals surface area (Å²) in [6.45, 7) is 2.55. The van der Waals surface area contributed by atoms with Crippen molar-refractivity contribution in [2.24, 2.45) is 0 Å². The van der Waals surface area contributed by atoms with Gasteiger partial charge in [-0.3, -0.25) is 4.79 Å². The number of nitrogens with zero attached hydrogens (tertiary/aromatic N) is 2. The SMILES string of the molecule is Cc1cc(NC(=O)CSCc2cccc(Cl)c2)n(Cc2ccccc2)n1. The molecule has 1 amide bonds. The number of anilines is 1. The van der Waals surface area contributed by atoms with Crippen LogP contribution in [0.4, 0.5) is 5.82 Å². The highest BCUT2D eigenvalue weighted by molar-refractivity contribution is 7.99. The molecule has 1 aromatic heterocycles. The fraction of sp³-hybridized carbons (Fsp3) is 0.200. The summed E-state index contributed by atoms with van der Waals surface area (Å²) in [5, 5.41) is 8.16. The van der Waals surface area contributed by atoms with Gasteiger partial charge in [0.1, 0.15) is 5.82 Å². The maximum atomic E-state index is 12.3. The van der Waals surface area contributed by atoms with Crippen LogP contribution >= 0.6 is 23.4 Å². The van der Waals surface area contributed by atoms with Gasteiger partial charge < -0.3 is 5.32 Å². The molecule has 0 aliphatic heterocycles. The van der Waals surface area contributed by atoms with E-state index >= 15 is 0 Å². The summed E-state index contributed by atoms with van der Waals surface area (Å²) in [5.74, 6) is 1.81. The topological polar surface area (TPSA) is 46.9 Å². The Bertz CT molecular complexity index is 880. The molecule has 4 nitrogen and oxygen atoms in total. The van der Waals surface area contributed by atoms with Crippen molar-refractivity contribution in [2.45, 2.75) is 19.2 Å². The van der Waals surface area contributed by atoms with E-state index in [9.17, 15) is 4.79 Å². The molecule has 0 spiro atoms. The number of aryl methyl sites for hydroxylation is 1. The van der Waals surface area contributed by atoms with Gasteiger partial charge in [-0.25, -0.2) is 4.68 Å². The van der Waals surface area contributed by atoms with Crippen LogP contribution < -0.4 is 5.32 Å². The van der Waals surface area contributed by atoms with E-state index in [1.807, 2.05) is 72.3 Å². The minimum Gasteiger partial charge on any atom is -0.310 e. The number of benzene rings is 2. The number of aromatic nitrogens is 2. The first-order chi connectivity index (χ1) is 12.6. The largest absolute Gasteiger partial charge is 0.310 e. The molecule has 0 unspecified atom stereocenters. The number of halogens is 1. The first kappa shape index (κ1) is 18.5. The van der Waals surface area contributed by atoms with Gasteiger partial charge in [-0.15, -0.1) is 11.8 Å². The van der Waals surface area contributed by atoms with E-state index in [1.165, 1.54) is 0 Å². The number of hydrogen-bond donors (Lipinski definition) is 1. The molecule has 0 saturated heterocycles. The van der Waals surface area contributed by atoms with Crippen LogP contribution in [0.2, 0.25) is 5.02 Å². The molecule has 1 N–H and O–H groups in total. The van der Waals surface area contributed by atoms with Crippen LogP contribution in [0.15, 0.2) is 60.7 Å². The normalized spacial score (nSPS) is 10.7. The van der Waals surface area contributed by atoms with Crippen molar-refractivity contribution in [3.05, 3.63) is 82.5 Å². The van der Waals surface area contributed by atoms with Crippen LogP contribution in [0.25, 0.3) is 0 Å². The van der Waals surface area contributed by atoms with E-state index in [-0.39, 0.29) is 5.91 Å². The van der Waals surface area contributed by atoms with Gasteiger partial charge >= 0.3 is 0 Å². The molecule has 0 atom stereocenters. The fourth-order valence-corrected chi connectivity index (χ4v) is 3.58. The van der Waals surface area contributed by atoms with Gasteiger partial charge in [0.25, 0.3) is 0 Å². The van der Waals surface area contributed by atoms with E-state index in [0.29, 0.717) is 17.3 Å². The lowest BCUT2D eigenvalue weighted by Gasteiger charge is -2.09. The lowest BCUT2D eigenvalue weighted by molar-refractivity contribution is -0.113. The van der Waals surface area contributed by atoms with E-state index < -0.39 is 0 Å². The smallest absolute Gasteiger partial charge is 0.235 e. The molecule has 0 radical (unpaired) electrons. The molecule has 0 aliphatic carbocycles. The molecule has 1 heterocycles. The van der Waals surface area contributed by atoms with Gasteiger partial charge in [0.15, 0.2) is 0 Å². The molecule has 0 saturated carbocycles. The van der Waals surface area contributed by atoms with Gasteiger partial charge in [-0.1, -0.05) is 54.1 Å². The molecule has 0 bridgehead atoms. The zero-order valence-electron chi connectivity index (χ0n) is 14.5. The second kappa shape index (κ2) is 8.92. The predicted molar refractivity (Wildman–Crippen MR) is 109 cm³/mol. The Morgan fingerprint density at radius 2 is 1.88 bits per heavy atom. The second-order valence-corrected chi connectivity index (χ2v) is 7.41. The second-order valence-electron chi connectivity index (χ2n) is 5.99. The summed E-state index contributed by atoms with van der Waals surface area (Å²) in [5.41, 5.74) is 3.13. The highest BCUT2D eigenvalue weighted by atomic mass is 35.5. The van der Waals surface area contributed by atoms with Gasteiger partial charge in [0, 0.05) is 16.8 Å². The Morgan fingerprint density at radius 3 is 2.65 bits per heavy atom. The average Bonchev–Trinajstić information content (AvgIpc) is 2.95. The number of thioether (sulfide) groups is 1. The summed E-state index contributed by atoms with van der Waals surface area (Å²) in [7, 11) is 0. The standard InChI is InChI=1S/C20H20ClN3OS/c1-15-10-19(24(23-15)12-16-6-3-2-4-7-16)22-20(25)14-26-13-17-8-5-9-18(21)11-17/h2-11H,12-14H2,1H3,(H,22,25). The van der Waals surface area contributed by atoms with Gasteiger partial charge in [-0.2, -0.15) is 5.10 Å². The van der Waals surface area contributed by atoms with E-state index in [0.717, 1.165) is 28.4 Å². The van der Waals surface area contributed by atoms with E-state index in [1.54, 1.807) is 11.8 Å². The van der Waals surface area contributed by atoms with Gasteiger partial charge in [0.05, 0.1) is 18.0 Å². The lowest BCUT2D eigenvalue weighted by atomic mass is 10.2. The van der Waals surface area contributed by atoms with Crippen LogP contribution in [0.5, 0.6) is 0 Å². The zero-order chi connectivity index (χ0) is 18.4. The molecule has 0 aliphatic rings. The fourth-order valence-electron chi connectivity index (χ4n) is 2.59. The van der Waals surface area contributed by atoms with Crippen molar-refractivity contribution < 1.29 is 4.79 Å². The maximum Gasteiger partial charge on any atom is 0.235 e. The number of carbonyl (C=O) groups excluding carboxylic acids is 1. The zero-order valence-corrected chi connectivity index (χ0v) is 16.1. The quantitative estimate of drug-likeness (QED) is 0.637. The molecular weight excluding hydrogens is 366 g/mol. The van der Waals surface area contributed by atoms with Crippen molar-refractivity contribution in [1.29, 1.82) is 0 Å². The number of hydrogen-bond acceptors (Lipinski definition) is 3. The highest BCUT2D eigenvalue weighted by Crippen LogP contribution is 2.18. The molecule has 2 aromatic carbocycles. The predicted octanol–water partition coefficient (Wildman–Crippen LogP) is 4.77. The average molecular weight is 386 g/mol. The van der Waals surface area contributed by atoms with Crippen molar-refractivity contribution in [3.8, 4) is 0 Å². The Balaban J connectivity index is 1.55. The molecule has 3 rings (SSSR count). The molecule has 26 heavy (non-hydrogen) atoms. The van der Waals surface area contributed by atoms with Crippen LogP contribution in [-0.2, 0) is 17.1 Å². The Hall–Kier alpha value is -2.24. The van der Waals surface area contributed by atoms with Crippen LogP contribution in [-0.4, -0.2) is 21.4 Å². The van der Waals surface area contributed by atoms with Crippen molar-refractivity contribution in [2.75, 3.05) is 11.1 Å². The van der Waals surface area contributed by atoms with Crippen LogP contribution in [0.1, 0.15) is 16.8 Å². The summed E-state index contributed by atoms with van der Waals surface area (Å²) in [6.07, 6.45) is 0. The molecular formula is C20H20ClN3OS. The third-order valence-electron chi connectivity index (χ3n) is 3.74. The molecule has 3 aromatic rings. The summed E-state index contributed by atoms with van der Waals surface area (Å²) >= 11 is 7.54. The minimum atomic E-state index is -0.0359. The van der Waals surface area contributed by atoms with Crippen LogP contribution in [0.3, 0.4) is 0 Å². The van der Waals surface area contributed by atoms with Gasteiger partial charge in [0.2, 0.25) is 5.91 Å². The van der Waals surface area contributed by atoms with Crippen molar-refractivity contribution >= 4 is 35.1 Å². The number of amides is 1. The summed E-state index contributed by atoms with van der Waals surface area (Å²) in [4.78, 5) is 12.3. The number of carbonyl (C=O) groups is 1. The lowest BCUT2D eigenvalue weighted by Crippen LogP contribution is -2.18. The Morgan fingerprint density at radius 1 is 1.12 bits per heavy atom. The van der Waals surface area contributed by atoms with Crippen molar-refractivity contribution in [3.63, 3.8) is 0 Å². The van der Waals surface area contributed by atoms with E-state index in [2.05, 4.69) is 10.4 Å². The summed E-state index contributed by atoms with van der Waals surface area (Å²) in [6, 6.07) is 19.7. The Labute approximate surface area is 162 Å². The first-order valence-corrected chi connectivity index (χ1v) is 9.84. The minimum absolute atomic E-state index is 0.0359. The number of nitrogens with one attached hydrogen (secondary N) is 1. The van der Waals surface area contributed by atoms with Gasteiger partial charge in [-0.05, 0) is 30.2 Å². The molecule has 6 heteroatoms. The monoisotopic (exact) mass is 385 g/mol. The molecule has 134 valence electrons. The highest BCUT2D eigenvalue weighted by Gasteiger charge is 2.10. The first-order valence-electron chi connectivity index (χ1n) is 8.30. The van der Waals surface area contributed by atoms with Crippen molar-refractivity contribution in [1.82, 2.24) is 9.78 Å². The number of rotatable bonds is 7. The van der Waals surface area contributed by atoms with E-state index in [4.69, 9.17) is 11.6 Å². The third-order valence-corrected chi connectivity index (χ3v) is 4.97. The Kier molecular flexibility index (Phi) is 6.36. The third kappa shape index (κ3) is 5.38.